The Kier molecular flexibility index (Phi) is 4.25. The van der Waals surface area contributed by atoms with E-state index < -0.39 is 5.82 Å². The van der Waals surface area contributed by atoms with Gasteiger partial charge in [-0.05, 0) is 31.2 Å². The highest BCUT2D eigenvalue weighted by Crippen LogP contribution is 2.29. The smallest absolute Gasteiger partial charge is 0.318 e. The van der Waals surface area contributed by atoms with Crippen molar-refractivity contribution in [2.75, 3.05) is 12.4 Å². The molecule has 0 aliphatic rings. The molecule has 0 aliphatic heterocycles. The molecule has 0 radical (unpaired) electrons. The molecule has 1 N–H and O–H groups in total. The van der Waals surface area contributed by atoms with Gasteiger partial charge in [-0.1, -0.05) is 24.3 Å². The van der Waals surface area contributed by atoms with Crippen LogP contribution in [0.25, 0.3) is 10.2 Å². The fourth-order valence-electron chi connectivity index (χ4n) is 2.18. The molecule has 0 fully saturated rings. The lowest BCUT2D eigenvalue weighted by Crippen LogP contribution is -2.33. The number of nitrogens with zero attached hydrogens (tertiary/aromatic N) is 2. The summed E-state index contributed by atoms with van der Waals surface area (Å²) in [6, 6.07) is 13.4. The number of anilines is 1. The van der Waals surface area contributed by atoms with Gasteiger partial charge in [0.2, 0.25) is 0 Å². The second-order valence-electron chi connectivity index (χ2n) is 5.22. The van der Waals surface area contributed by atoms with Gasteiger partial charge >= 0.3 is 6.03 Å². The van der Waals surface area contributed by atoms with Crippen LogP contribution < -0.4 is 5.32 Å². The summed E-state index contributed by atoms with van der Waals surface area (Å²) in [7, 11) is 1.67. The molecule has 2 aromatic carbocycles. The first kappa shape index (κ1) is 15.4. The van der Waals surface area contributed by atoms with Gasteiger partial charge < -0.3 is 10.2 Å². The SMILES string of the molecule is C[C@@H](c1nc2ccccc2s1)N(C)C(=O)Nc1ccccc1F. The maximum absolute atomic E-state index is 13.6. The van der Waals surface area contributed by atoms with E-state index in [1.54, 1.807) is 30.5 Å². The number of amides is 2. The molecule has 6 heteroatoms. The van der Waals surface area contributed by atoms with Crippen LogP contribution in [-0.2, 0) is 0 Å². The number of hydrogen-bond donors (Lipinski definition) is 1. The number of nitrogens with one attached hydrogen (secondary N) is 1. The van der Waals surface area contributed by atoms with E-state index in [2.05, 4.69) is 10.3 Å². The number of benzene rings is 2. The van der Waals surface area contributed by atoms with Gasteiger partial charge in [0.1, 0.15) is 10.8 Å². The number of rotatable bonds is 3. The Morgan fingerprint density at radius 2 is 1.91 bits per heavy atom. The first-order valence-electron chi connectivity index (χ1n) is 7.20. The van der Waals surface area contributed by atoms with Crippen LogP contribution in [0.3, 0.4) is 0 Å². The summed E-state index contributed by atoms with van der Waals surface area (Å²) in [4.78, 5) is 18.4. The quantitative estimate of drug-likeness (QED) is 0.759. The average Bonchev–Trinajstić information content (AvgIpc) is 2.99. The fourth-order valence-corrected chi connectivity index (χ4v) is 3.24. The standard InChI is InChI=1S/C17H16FN3OS/c1-11(16-19-14-9-5-6-10-15(14)23-16)21(2)17(22)20-13-8-4-3-7-12(13)18/h3-11H,1-2H3,(H,20,22)/t11-/m0/s1. The summed E-state index contributed by atoms with van der Waals surface area (Å²) in [6.07, 6.45) is 0. The number of thiazole rings is 1. The fraction of sp³-hybridized carbons (Fsp3) is 0.176. The molecule has 4 nitrogen and oxygen atoms in total. The zero-order chi connectivity index (χ0) is 16.4. The van der Waals surface area contributed by atoms with Crippen LogP contribution in [-0.4, -0.2) is 23.0 Å². The first-order chi connectivity index (χ1) is 11.1. The second kappa shape index (κ2) is 6.34. The van der Waals surface area contributed by atoms with Crippen molar-refractivity contribution < 1.29 is 9.18 Å². The molecule has 0 saturated heterocycles. The highest BCUT2D eigenvalue weighted by molar-refractivity contribution is 7.18. The summed E-state index contributed by atoms with van der Waals surface area (Å²) in [5, 5.41) is 3.43. The van der Waals surface area contributed by atoms with E-state index >= 15 is 0 Å². The Labute approximate surface area is 137 Å². The van der Waals surface area contributed by atoms with Crippen LogP contribution >= 0.6 is 11.3 Å². The lowest BCUT2D eigenvalue weighted by Gasteiger charge is -2.23. The molecule has 0 aliphatic carbocycles. The van der Waals surface area contributed by atoms with E-state index in [1.165, 1.54) is 17.0 Å². The van der Waals surface area contributed by atoms with Gasteiger partial charge in [-0.2, -0.15) is 0 Å². The Morgan fingerprint density at radius 1 is 1.22 bits per heavy atom. The van der Waals surface area contributed by atoms with Crippen LogP contribution in [0.4, 0.5) is 14.9 Å². The van der Waals surface area contributed by atoms with Crippen molar-refractivity contribution in [2.45, 2.75) is 13.0 Å². The Morgan fingerprint density at radius 3 is 2.65 bits per heavy atom. The molecule has 0 saturated carbocycles. The molecule has 3 rings (SSSR count). The number of carbonyl (C=O) groups is 1. The van der Waals surface area contributed by atoms with Crippen molar-refractivity contribution in [3.8, 4) is 0 Å². The van der Waals surface area contributed by atoms with E-state index in [0.29, 0.717) is 0 Å². The molecule has 0 bridgehead atoms. The molecular formula is C17H16FN3OS. The molecule has 2 amide bonds. The molecule has 1 aromatic heterocycles. The van der Waals surface area contributed by atoms with Crippen molar-refractivity contribution >= 4 is 33.3 Å². The Hall–Kier alpha value is -2.47. The maximum atomic E-state index is 13.6. The van der Waals surface area contributed by atoms with E-state index in [1.807, 2.05) is 31.2 Å². The van der Waals surface area contributed by atoms with E-state index in [4.69, 9.17) is 0 Å². The van der Waals surface area contributed by atoms with Gasteiger partial charge in [0, 0.05) is 7.05 Å². The minimum Gasteiger partial charge on any atom is -0.318 e. The number of aromatic nitrogens is 1. The molecule has 118 valence electrons. The van der Waals surface area contributed by atoms with E-state index in [9.17, 15) is 9.18 Å². The zero-order valence-electron chi connectivity index (χ0n) is 12.8. The van der Waals surface area contributed by atoms with E-state index in [-0.39, 0.29) is 17.8 Å². The lowest BCUT2D eigenvalue weighted by molar-refractivity contribution is 0.208. The predicted octanol–water partition coefficient (Wildman–Crippen LogP) is 4.66. The van der Waals surface area contributed by atoms with Crippen molar-refractivity contribution in [3.05, 3.63) is 59.4 Å². The monoisotopic (exact) mass is 329 g/mol. The second-order valence-corrected chi connectivity index (χ2v) is 6.28. The number of para-hydroxylation sites is 2. The zero-order valence-corrected chi connectivity index (χ0v) is 13.6. The predicted molar refractivity (Wildman–Crippen MR) is 91.2 cm³/mol. The van der Waals surface area contributed by atoms with Gasteiger partial charge in [-0.3, -0.25) is 0 Å². The summed E-state index contributed by atoms with van der Waals surface area (Å²) in [6.45, 7) is 1.90. The summed E-state index contributed by atoms with van der Waals surface area (Å²) >= 11 is 1.55. The number of fused-ring (bicyclic) bond motifs is 1. The largest absolute Gasteiger partial charge is 0.322 e. The van der Waals surface area contributed by atoms with Gasteiger partial charge in [-0.15, -0.1) is 11.3 Å². The highest BCUT2D eigenvalue weighted by atomic mass is 32.1. The van der Waals surface area contributed by atoms with Gasteiger partial charge in [0.15, 0.2) is 0 Å². The number of carbonyl (C=O) groups excluding carboxylic acids is 1. The van der Waals surface area contributed by atoms with Crippen molar-refractivity contribution in [1.29, 1.82) is 0 Å². The maximum Gasteiger partial charge on any atom is 0.322 e. The molecule has 3 aromatic rings. The molecular weight excluding hydrogens is 313 g/mol. The Bertz CT molecular complexity index is 815. The van der Waals surface area contributed by atoms with Crippen LogP contribution in [0.2, 0.25) is 0 Å². The first-order valence-corrected chi connectivity index (χ1v) is 8.01. The lowest BCUT2D eigenvalue weighted by atomic mass is 10.3. The van der Waals surface area contributed by atoms with Crippen molar-refractivity contribution in [3.63, 3.8) is 0 Å². The molecule has 1 atom stereocenters. The minimum absolute atomic E-state index is 0.167. The van der Waals surface area contributed by atoms with Crippen molar-refractivity contribution in [2.24, 2.45) is 0 Å². The van der Waals surface area contributed by atoms with Gasteiger partial charge in [0.05, 0.1) is 21.9 Å². The third-order valence-corrected chi connectivity index (χ3v) is 4.89. The average molecular weight is 329 g/mol. The highest BCUT2D eigenvalue weighted by Gasteiger charge is 2.21. The number of halogens is 1. The van der Waals surface area contributed by atoms with Crippen LogP contribution in [0.15, 0.2) is 48.5 Å². The normalized spacial score (nSPS) is 12.1. The van der Waals surface area contributed by atoms with Gasteiger partial charge in [-0.25, -0.2) is 14.2 Å². The van der Waals surface area contributed by atoms with Crippen molar-refractivity contribution in [1.82, 2.24) is 9.88 Å². The molecule has 23 heavy (non-hydrogen) atoms. The van der Waals surface area contributed by atoms with Crippen LogP contribution in [0.5, 0.6) is 0 Å². The topological polar surface area (TPSA) is 45.2 Å². The van der Waals surface area contributed by atoms with E-state index in [0.717, 1.165) is 15.2 Å². The minimum atomic E-state index is -0.457. The summed E-state index contributed by atoms with van der Waals surface area (Å²) < 4.78 is 14.7. The van der Waals surface area contributed by atoms with Gasteiger partial charge in [0.25, 0.3) is 0 Å². The number of hydrogen-bond acceptors (Lipinski definition) is 3. The summed E-state index contributed by atoms with van der Waals surface area (Å²) in [5.74, 6) is -0.457. The third kappa shape index (κ3) is 3.17. The van der Waals surface area contributed by atoms with Crippen LogP contribution in [0, 0.1) is 5.82 Å². The molecule has 1 heterocycles. The Balaban J connectivity index is 1.77. The number of urea groups is 1. The van der Waals surface area contributed by atoms with Crippen LogP contribution in [0.1, 0.15) is 18.0 Å². The molecule has 0 unspecified atom stereocenters. The summed E-state index contributed by atoms with van der Waals surface area (Å²) in [5.41, 5.74) is 1.09. The third-order valence-electron chi connectivity index (χ3n) is 3.68. The molecule has 0 spiro atoms.